The monoisotopic (exact) mass is 285 g/mol. The van der Waals surface area contributed by atoms with Gasteiger partial charge in [-0.05, 0) is 29.8 Å². The molecule has 108 valence electrons. The van der Waals surface area contributed by atoms with E-state index >= 15 is 0 Å². The Labute approximate surface area is 121 Å². The summed E-state index contributed by atoms with van der Waals surface area (Å²) in [5, 5.41) is 16.5. The molecule has 0 heterocycles. The molecule has 0 aliphatic rings. The van der Waals surface area contributed by atoms with Crippen LogP contribution in [0.1, 0.15) is 12.5 Å². The summed E-state index contributed by atoms with van der Waals surface area (Å²) in [6.45, 7) is 2.03. The van der Waals surface area contributed by atoms with Gasteiger partial charge in [0.2, 0.25) is 5.91 Å². The predicted octanol–water partition coefficient (Wildman–Crippen LogP) is 3.17. The number of amides is 1. The first-order chi connectivity index (χ1) is 10.0. The highest BCUT2D eigenvalue weighted by Gasteiger charge is 2.03. The Bertz CT molecular complexity index is 636. The lowest BCUT2D eigenvalue weighted by molar-refractivity contribution is -0.384. The number of benzene rings is 2. The topological polar surface area (TPSA) is 84.3 Å². The Morgan fingerprint density at radius 3 is 2.14 bits per heavy atom. The maximum absolute atomic E-state index is 10.9. The number of hydrogen-bond donors (Lipinski definition) is 2. The summed E-state index contributed by atoms with van der Waals surface area (Å²) in [7, 11) is 0. The first-order valence-electron chi connectivity index (χ1n) is 6.39. The van der Waals surface area contributed by atoms with Gasteiger partial charge in [-0.15, -0.1) is 0 Å². The number of hydrogen-bond acceptors (Lipinski definition) is 4. The zero-order valence-corrected chi connectivity index (χ0v) is 11.5. The van der Waals surface area contributed by atoms with Gasteiger partial charge >= 0.3 is 0 Å². The van der Waals surface area contributed by atoms with E-state index < -0.39 is 4.92 Å². The van der Waals surface area contributed by atoms with Gasteiger partial charge in [-0.2, -0.15) is 0 Å². The summed E-state index contributed by atoms with van der Waals surface area (Å²) in [6.07, 6.45) is 0. The molecule has 0 radical (unpaired) electrons. The van der Waals surface area contributed by atoms with Gasteiger partial charge in [-0.1, -0.05) is 12.1 Å². The number of nitro benzene ring substituents is 1. The quantitative estimate of drug-likeness (QED) is 0.652. The van der Waals surface area contributed by atoms with Gasteiger partial charge < -0.3 is 10.6 Å². The van der Waals surface area contributed by atoms with Crippen molar-refractivity contribution >= 4 is 23.0 Å². The molecule has 0 bridgehead atoms. The van der Waals surface area contributed by atoms with Crippen LogP contribution in [0.5, 0.6) is 0 Å². The summed E-state index contributed by atoms with van der Waals surface area (Å²) >= 11 is 0. The second-order valence-corrected chi connectivity index (χ2v) is 4.54. The summed E-state index contributed by atoms with van der Waals surface area (Å²) in [4.78, 5) is 21.1. The molecule has 0 aliphatic carbocycles. The van der Waals surface area contributed by atoms with Gasteiger partial charge in [0.15, 0.2) is 0 Å². The fraction of sp³-hybridized carbons (Fsp3) is 0.133. The first kappa shape index (κ1) is 14.5. The van der Waals surface area contributed by atoms with Crippen LogP contribution >= 0.6 is 0 Å². The van der Waals surface area contributed by atoms with Gasteiger partial charge in [0.05, 0.1) is 4.92 Å². The van der Waals surface area contributed by atoms with E-state index in [2.05, 4.69) is 10.6 Å². The number of rotatable bonds is 5. The van der Waals surface area contributed by atoms with Crippen molar-refractivity contribution in [3.63, 3.8) is 0 Å². The molecular weight excluding hydrogens is 270 g/mol. The van der Waals surface area contributed by atoms with Crippen LogP contribution in [0.25, 0.3) is 0 Å². The lowest BCUT2D eigenvalue weighted by Gasteiger charge is -2.08. The standard InChI is InChI=1S/C15H15N3O3/c1-11(19)17-14-6-4-13(5-7-14)16-10-12-2-8-15(9-3-12)18(20)21/h2-9,16H,10H2,1H3,(H,17,19). The SMILES string of the molecule is CC(=O)Nc1ccc(NCc2ccc([N+](=O)[O-])cc2)cc1. The van der Waals surface area contributed by atoms with Gasteiger partial charge in [-0.25, -0.2) is 0 Å². The molecule has 2 N–H and O–H groups in total. The van der Waals surface area contributed by atoms with Crippen LogP contribution in [-0.4, -0.2) is 10.8 Å². The van der Waals surface area contributed by atoms with Crippen molar-refractivity contribution in [1.29, 1.82) is 0 Å². The summed E-state index contributed by atoms with van der Waals surface area (Å²) in [6, 6.07) is 13.7. The van der Waals surface area contributed by atoms with Crippen LogP contribution < -0.4 is 10.6 Å². The summed E-state index contributed by atoms with van der Waals surface area (Å²) in [5.41, 5.74) is 2.68. The van der Waals surface area contributed by atoms with Gasteiger partial charge in [-0.3, -0.25) is 14.9 Å². The third kappa shape index (κ3) is 4.31. The Morgan fingerprint density at radius 2 is 1.62 bits per heavy atom. The molecule has 21 heavy (non-hydrogen) atoms. The molecule has 6 nitrogen and oxygen atoms in total. The van der Waals surface area contributed by atoms with Crippen molar-refractivity contribution in [3.05, 3.63) is 64.2 Å². The fourth-order valence-corrected chi connectivity index (χ4v) is 1.81. The second kappa shape index (κ2) is 6.51. The van der Waals surface area contributed by atoms with Crippen LogP contribution in [0.4, 0.5) is 17.1 Å². The number of carbonyl (C=O) groups is 1. The number of nitrogens with zero attached hydrogens (tertiary/aromatic N) is 1. The molecular formula is C15H15N3O3. The summed E-state index contributed by atoms with van der Waals surface area (Å²) in [5.74, 6) is -0.110. The molecule has 1 amide bonds. The maximum atomic E-state index is 10.9. The number of non-ortho nitro benzene ring substituents is 1. The molecule has 0 fully saturated rings. The highest BCUT2D eigenvalue weighted by atomic mass is 16.6. The van der Waals surface area contributed by atoms with Crippen LogP contribution in [0.3, 0.4) is 0 Å². The molecule has 0 unspecified atom stereocenters. The van der Waals surface area contributed by atoms with Crippen LogP contribution in [0, 0.1) is 10.1 Å². The number of nitrogens with one attached hydrogen (secondary N) is 2. The Kier molecular flexibility index (Phi) is 4.50. The lowest BCUT2D eigenvalue weighted by Crippen LogP contribution is -2.05. The molecule has 0 aliphatic heterocycles. The van der Waals surface area contributed by atoms with E-state index in [0.717, 1.165) is 16.9 Å². The molecule has 0 aromatic heterocycles. The molecule has 2 rings (SSSR count). The van der Waals surface area contributed by atoms with E-state index in [1.807, 2.05) is 12.1 Å². The van der Waals surface area contributed by atoms with Crippen molar-refractivity contribution in [2.24, 2.45) is 0 Å². The molecule has 6 heteroatoms. The van der Waals surface area contributed by atoms with Crippen molar-refractivity contribution in [2.45, 2.75) is 13.5 Å². The van der Waals surface area contributed by atoms with E-state index in [1.165, 1.54) is 19.1 Å². The van der Waals surface area contributed by atoms with E-state index in [1.54, 1.807) is 24.3 Å². The maximum Gasteiger partial charge on any atom is 0.269 e. The van der Waals surface area contributed by atoms with E-state index in [9.17, 15) is 14.9 Å². The largest absolute Gasteiger partial charge is 0.381 e. The highest BCUT2D eigenvalue weighted by Crippen LogP contribution is 2.16. The second-order valence-electron chi connectivity index (χ2n) is 4.54. The Balaban J connectivity index is 1.93. The highest BCUT2D eigenvalue weighted by molar-refractivity contribution is 5.88. The first-order valence-corrected chi connectivity index (χ1v) is 6.39. The number of nitro groups is 1. The molecule has 2 aromatic carbocycles. The van der Waals surface area contributed by atoms with Crippen molar-refractivity contribution < 1.29 is 9.72 Å². The lowest BCUT2D eigenvalue weighted by atomic mass is 10.2. The van der Waals surface area contributed by atoms with Gasteiger partial charge in [0.1, 0.15) is 0 Å². The minimum Gasteiger partial charge on any atom is -0.381 e. The zero-order chi connectivity index (χ0) is 15.2. The van der Waals surface area contributed by atoms with Crippen LogP contribution in [-0.2, 0) is 11.3 Å². The fourth-order valence-electron chi connectivity index (χ4n) is 1.81. The molecule has 0 spiro atoms. The van der Waals surface area contributed by atoms with Gasteiger partial charge in [0, 0.05) is 37.0 Å². The number of carbonyl (C=O) groups excluding carboxylic acids is 1. The van der Waals surface area contributed by atoms with Crippen LogP contribution in [0.15, 0.2) is 48.5 Å². The van der Waals surface area contributed by atoms with E-state index in [0.29, 0.717) is 6.54 Å². The summed E-state index contributed by atoms with van der Waals surface area (Å²) < 4.78 is 0. The average Bonchev–Trinajstić information content (AvgIpc) is 2.46. The molecule has 0 atom stereocenters. The molecule has 2 aromatic rings. The molecule has 0 saturated carbocycles. The van der Waals surface area contributed by atoms with Crippen LogP contribution in [0.2, 0.25) is 0 Å². The van der Waals surface area contributed by atoms with Crippen molar-refractivity contribution in [2.75, 3.05) is 10.6 Å². The normalized spacial score (nSPS) is 9.95. The van der Waals surface area contributed by atoms with E-state index in [4.69, 9.17) is 0 Å². The minimum absolute atomic E-state index is 0.0819. The number of anilines is 2. The Morgan fingerprint density at radius 1 is 1.05 bits per heavy atom. The molecule has 0 saturated heterocycles. The smallest absolute Gasteiger partial charge is 0.269 e. The van der Waals surface area contributed by atoms with E-state index in [-0.39, 0.29) is 11.6 Å². The minimum atomic E-state index is -0.419. The average molecular weight is 285 g/mol. The van der Waals surface area contributed by atoms with Crippen molar-refractivity contribution in [1.82, 2.24) is 0 Å². The predicted molar refractivity (Wildman–Crippen MR) is 81.2 cm³/mol. The zero-order valence-electron chi connectivity index (χ0n) is 11.5. The van der Waals surface area contributed by atoms with Crippen molar-refractivity contribution in [3.8, 4) is 0 Å². The van der Waals surface area contributed by atoms with Gasteiger partial charge in [0.25, 0.3) is 5.69 Å². The third-order valence-electron chi connectivity index (χ3n) is 2.85. The third-order valence-corrected chi connectivity index (χ3v) is 2.85. The Hall–Kier alpha value is -2.89.